The molecule has 1 saturated heterocycles. The lowest BCUT2D eigenvalue weighted by Gasteiger charge is -2.19. The fourth-order valence-corrected chi connectivity index (χ4v) is 2.76. The fourth-order valence-electron chi connectivity index (χ4n) is 2.76. The molecule has 6 nitrogen and oxygen atoms in total. The van der Waals surface area contributed by atoms with E-state index < -0.39 is 0 Å². The van der Waals surface area contributed by atoms with Gasteiger partial charge in [-0.3, -0.25) is 9.59 Å². The van der Waals surface area contributed by atoms with Crippen LogP contribution in [0.15, 0.2) is 43.0 Å². The summed E-state index contributed by atoms with van der Waals surface area (Å²) in [7, 11) is 0. The Morgan fingerprint density at radius 1 is 1.35 bits per heavy atom. The van der Waals surface area contributed by atoms with E-state index in [1.54, 1.807) is 17.4 Å². The van der Waals surface area contributed by atoms with Crippen molar-refractivity contribution in [2.24, 2.45) is 0 Å². The van der Waals surface area contributed by atoms with Gasteiger partial charge in [0, 0.05) is 31.0 Å². The van der Waals surface area contributed by atoms with Gasteiger partial charge in [-0.1, -0.05) is 12.1 Å². The summed E-state index contributed by atoms with van der Waals surface area (Å²) in [5, 5.41) is 2.95. The van der Waals surface area contributed by atoms with Crippen molar-refractivity contribution in [3.05, 3.63) is 48.5 Å². The summed E-state index contributed by atoms with van der Waals surface area (Å²) in [6.07, 6.45) is 6.76. The van der Waals surface area contributed by atoms with Gasteiger partial charge in [0.2, 0.25) is 11.8 Å². The highest BCUT2D eigenvalue weighted by Crippen LogP contribution is 2.16. The quantitative estimate of drug-likeness (QED) is 0.913. The zero-order chi connectivity index (χ0) is 16.2. The van der Waals surface area contributed by atoms with Gasteiger partial charge in [-0.2, -0.15) is 0 Å². The van der Waals surface area contributed by atoms with Crippen molar-refractivity contribution in [1.29, 1.82) is 0 Å². The molecule has 3 rings (SSSR count). The molecule has 0 saturated carbocycles. The van der Waals surface area contributed by atoms with Crippen molar-refractivity contribution in [2.75, 3.05) is 13.1 Å². The van der Waals surface area contributed by atoms with E-state index in [9.17, 15) is 9.59 Å². The van der Waals surface area contributed by atoms with Gasteiger partial charge in [-0.05, 0) is 31.0 Å². The standard InChI is InChI=1S/C17H20N4O2/c1-13(19-16(22)11-20-9-2-3-17(20)23)14-4-6-15(7-5-14)21-10-8-18-12-21/h4-8,10,12-13H,2-3,9,11H2,1H3,(H,19,22)/t13-/m0/s1. The molecule has 1 aromatic carbocycles. The SMILES string of the molecule is C[C@H](NC(=O)CN1CCCC1=O)c1ccc(-n2ccnc2)cc1. The molecule has 2 heterocycles. The largest absolute Gasteiger partial charge is 0.348 e. The number of hydrogen-bond donors (Lipinski definition) is 1. The van der Waals surface area contributed by atoms with Gasteiger partial charge in [-0.15, -0.1) is 0 Å². The maximum Gasteiger partial charge on any atom is 0.240 e. The maximum absolute atomic E-state index is 12.1. The third-order valence-electron chi connectivity index (χ3n) is 4.08. The molecular weight excluding hydrogens is 292 g/mol. The van der Waals surface area contributed by atoms with Crippen LogP contribution in [0.2, 0.25) is 0 Å². The van der Waals surface area contributed by atoms with Crippen LogP contribution in [0.3, 0.4) is 0 Å². The van der Waals surface area contributed by atoms with Crippen LogP contribution >= 0.6 is 0 Å². The Labute approximate surface area is 135 Å². The molecule has 2 amide bonds. The van der Waals surface area contributed by atoms with Crippen molar-refractivity contribution in [3.8, 4) is 5.69 Å². The number of likely N-dealkylation sites (tertiary alicyclic amines) is 1. The van der Waals surface area contributed by atoms with Crippen molar-refractivity contribution in [3.63, 3.8) is 0 Å². The highest BCUT2D eigenvalue weighted by atomic mass is 16.2. The van der Waals surface area contributed by atoms with Crippen LogP contribution in [0.25, 0.3) is 5.69 Å². The Bertz CT molecular complexity index is 679. The number of carbonyl (C=O) groups excluding carboxylic acids is 2. The molecule has 0 bridgehead atoms. The molecule has 6 heteroatoms. The third kappa shape index (κ3) is 3.59. The van der Waals surface area contributed by atoms with Crippen LogP contribution in [-0.4, -0.2) is 39.4 Å². The number of nitrogens with one attached hydrogen (secondary N) is 1. The molecule has 120 valence electrons. The smallest absolute Gasteiger partial charge is 0.240 e. The van der Waals surface area contributed by atoms with Gasteiger partial charge in [-0.25, -0.2) is 4.98 Å². The van der Waals surface area contributed by atoms with E-state index in [0.29, 0.717) is 13.0 Å². The molecule has 1 aliphatic heterocycles. The minimum atomic E-state index is -0.119. The van der Waals surface area contributed by atoms with Gasteiger partial charge >= 0.3 is 0 Å². The summed E-state index contributed by atoms with van der Waals surface area (Å²) < 4.78 is 1.92. The molecule has 1 aliphatic rings. The summed E-state index contributed by atoms with van der Waals surface area (Å²) in [6, 6.07) is 7.85. The zero-order valence-corrected chi connectivity index (χ0v) is 13.1. The molecule has 0 spiro atoms. The number of aromatic nitrogens is 2. The van der Waals surface area contributed by atoms with Gasteiger partial charge < -0.3 is 14.8 Å². The second-order valence-corrected chi connectivity index (χ2v) is 5.77. The molecular formula is C17H20N4O2. The van der Waals surface area contributed by atoms with Crippen LogP contribution in [0.1, 0.15) is 31.4 Å². The van der Waals surface area contributed by atoms with E-state index in [1.165, 1.54) is 0 Å². The summed E-state index contributed by atoms with van der Waals surface area (Å²) in [5.41, 5.74) is 2.04. The van der Waals surface area contributed by atoms with Crippen molar-refractivity contribution < 1.29 is 9.59 Å². The van der Waals surface area contributed by atoms with Crippen LogP contribution < -0.4 is 5.32 Å². The Balaban J connectivity index is 1.58. The van der Waals surface area contributed by atoms with E-state index in [2.05, 4.69) is 10.3 Å². The van der Waals surface area contributed by atoms with E-state index in [1.807, 2.05) is 42.0 Å². The first-order valence-electron chi connectivity index (χ1n) is 7.79. The number of nitrogens with zero attached hydrogens (tertiary/aromatic N) is 3. The number of imidazole rings is 1. The van der Waals surface area contributed by atoms with E-state index in [-0.39, 0.29) is 24.4 Å². The molecule has 1 aromatic heterocycles. The summed E-state index contributed by atoms with van der Waals surface area (Å²) in [4.78, 5) is 29.3. The predicted molar refractivity (Wildman–Crippen MR) is 85.9 cm³/mol. The maximum atomic E-state index is 12.1. The van der Waals surface area contributed by atoms with E-state index in [4.69, 9.17) is 0 Å². The lowest BCUT2D eigenvalue weighted by atomic mass is 10.1. The first-order valence-corrected chi connectivity index (χ1v) is 7.79. The Morgan fingerprint density at radius 2 is 2.13 bits per heavy atom. The number of carbonyl (C=O) groups is 2. The first kappa shape index (κ1) is 15.3. The minimum Gasteiger partial charge on any atom is -0.348 e. The van der Waals surface area contributed by atoms with Gasteiger partial charge in [0.1, 0.15) is 0 Å². The summed E-state index contributed by atoms with van der Waals surface area (Å²) >= 11 is 0. The highest BCUT2D eigenvalue weighted by Gasteiger charge is 2.22. The molecule has 0 unspecified atom stereocenters. The van der Waals surface area contributed by atoms with E-state index >= 15 is 0 Å². The fraction of sp³-hybridized carbons (Fsp3) is 0.353. The number of benzene rings is 1. The Kier molecular flexibility index (Phi) is 4.41. The van der Waals surface area contributed by atoms with Crippen LogP contribution in [0.5, 0.6) is 0 Å². The number of hydrogen-bond acceptors (Lipinski definition) is 3. The van der Waals surface area contributed by atoms with Crippen LogP contribution in [0.4, 0.5) is 0 Å². The average Bonchev–Trinajstić information content (AvgIpc) is 3.20. The van der Waals surface area contributed by atoms with Crippen LogP contribution in [0, 0.1) is 0 Å². The summed E-state index contributed by atoms with van der Waals surface area (Å²) in [6.45, 7) is 2.77. The van der Waals surface area contributed by atoms with Crippen molar-refractivity contribution >= 4 is 11.8 Å². The lowest BCUT2D eigenvalue weighted by Crippen LogP contribution is -2.38. The number of amides is 2. The molecule has 0 aliphatic carbocycles. The topological polar surface area (TPSA) is 67.2 Å². The second kappa shape index (κ2) is 6.64. The summed E-state index contributed by atoms with van der Waals surface area (Å²) in [5.74, 6) is -0.0519. The zero-order valence-electron chi connectivity index (χ0n) is 13.1. The monoisotopic (exact) mass is 312 g/mol. The second-order valence-electron chi connectivity index (χ2n) is 5.77. The Morgan fingerprint density at radius 3 is 2.74 bits per heavy atom. The minimum absolute atomic E-state index is 0.0671. The van der Waals surface area contributed by atoms with Gasteiger partial charge in [0.05, 0.1) is 18.9 Å². The molecule has 2 aromatic rings. The van der Waals surface area contributed by atoms with Gasteiger partial charge in [0.15, 0.2) is 0 Å². The average molecular weight is 312 g/mol. The van der Waals surface area contributed by atoms with Gasteiger partial charge in [0.25, 0.3) is 0 Å². The van der Waals surface area contributed by atoms with Crippen molar-refractivity contribution in [2.45, 2.75) is 25.8 Å². The van der Waals surface area contributed by atoms with Crippen molar-refractivity contribution in [1.82, 2.24) is 19.8 Å². The predicted octanol–water partition coefficient (Wildman–Crippen LogP) is 1.67. The normalized spacial score (nSPS) is 15.7. The number of rotatable bonds is 5. The molecule has 1 N–H and O–H groups in total. The Hall–Kier alpha value is -2.63. The third-order valence-corrected chi connectivity index (χ3v) is 4.08. The molecule has 23 heavy (non-hydrogen) atoms. The lowest BCUT2D eigenvalue weighted by molar-refractivity contribution is -0.133. The first-order chi connectivity index (χ1) is 11.1. The van der Waals surface area contributed by atoms with E-state index in [0.717, 1.165) is 17.7 Å². The van der Waals surface area contributed by atoms with Crippen LogP contribution in [-0.2, 0) is 9.59 Å². The highest BCUT2D eigenvalue weighted by molar-refractivity contribution is 5.86. The molecule has 0 radical (unpaired) electrons. The molecule has 1 atom stereocenters. The molecule has 1 fully saturated rings.